The highest BCUT2D eigenvalue weighted by Crippen LogP contribution is 2.32. The van der Waals surface area contributed by atoms with E-state index in [1.54, 1.807) is 23.0 Å². The Balaban J connectivity index is 2.04. The van der Waals surface area contributed by atoms with Gasteiger partial charge in [0.1, 0.15) is 5.82 Å². The molecule has 0 bridgehead atoms. The zero-order valence-electron chi connectivity index (χ0n) is 13.1. The van der Waals surface area contributed by atoms with Crippen LogP contribution in [0.2, 0.25) is 0 Å². The highest BCUT2D eigenvalue weighted by molar-refractivity contribution is 5.91. The molecule has 116 valence electrons. The largest absolute Gasteiger partial charge is 0.465 e. The Hall–Kier alpha value is -2.96. The summed E-state index contributed by atoms with van der Waals surface area (Å²) in [6.07, 6.45) is 1.73. The average Bonchev–Trinajstić information content (AvgIpc) is 3.10. The van der Waals surface area contributed by atoms with Crippen molar-refractivity contribution in [2.75, 3.05) is 7.11 Å². The van der Waals surface area contributed by atoms with Gasteiger partial charge in [-0.2, -0.15) is 0 Å². The molecule has 0 fully saturated rings. The van der Waals surface area contributed by atoms with Gasteiger partial charge < -0.3 is 9.30 Å². The first-order valence-electron chi connectivity index (χ1n) is 7.26. The van der Waals surface area contributed by atoms with Gasteiger partial charge >= 0.3 is 5.97 Å². The summed E-state index contributed by atoms with van der Waals surface area (Å²) < 4.78 is 8.72. The minimum atomic E-state index is -0.380. The monoisotopic (exact) mass is 309 g/mol. The number of carbonyl (C=O) groups excluding carboxylic acids is 1. The second kappa shape index (κ2) is 4.77. The number of hydrogen-bond donors (Lipinski definition) is 0. The van der Waals surface area contributed by atoms with Crippen molar-refractivity contribution in [1.29, 1.82) is 0 Å². The molecule has 7 nitrogen and oxygen atoms in total. The first kappa shape index (κ1) is 13.7. The number of hydrogen-bond acceptors (Lipinski definition) is 5. The van der Waals surface area contributed by atoms with Gasteiger partial charge in [0.25, 0.3) is 0 Å². The number of rotatable bonds is 1. The molecule has 3 aromatic rings. The van der Waals surface area contributed by atoms with E-state index in [1.165, 1.54) is 7.11 Å². The van der Waals surface area contributed by atoms with Crippen LogP contribution in [0, 0.1) is 13.8 Å². The minimum Gasteiger partial charge on any atom is -0.465 e. The second-order valence-corrected chi connectivity index (χ2v) is 5.55. The van der Waals surface area contributed by atoms with Gasteiger partial charge in [-0.25, -0.2) is 14.5 Å². The lowest BCUT2D eigenvalue weighted by Gasteiger charge is -2.09. The van der Waals surface area contributed by atoms with Crippen molar-refractivity contribution in [3.05, 3.63) is 47.0 Å². The van der Waals surface area contributed by atoms with Crippen LogP contribution in [0.25, 0.3) is 17.1 Å². The Bertz CT molecular complexity index is 938. The number of ether oxygens (including phenoxy) is 1. The van der Waals surface area contributed by atoms with E-state index in [0.29, 0.717) is 12.1 Å². The van der Waals surface area contributed by atoms with Gasteiger partial charge in [0.05, 0.1) is 42.5 Å². The molecule has 0 spiro atoms. The van der Waals surface area contributed by atoms with Crippen LogP contribution in [0.3, 0.4) is 0 Å². The number of benzene rings is 1. The third-order valence-electron chi connectivity index (χ3n) is 4.29. The molecule has 1 aliphatic heterocycles. The number of fused-ring (bicyclic) bond motifs is 5. The molecule has 0 unspecified atom stereocenters. The van der Waals surface area contributed by atoms with Crippen molar-refractivity contribution in [3.63, 3.8) is 0 Å². The van der Waals surface area contributed by atoms with E-state index in [0.717, 1.165) is 34.2 Å². The summed E-state index contributed by atoms with van der Waals surface area (Å²) in [6, 6.07) is 5.40. The van der Waals surface area contributed by atoms with E-state index < -0.39 is 0 Å². The Morgan fingerprint density at radius 3 is 2.91 bits per heavy atom. The molecule has 7 heteroatoms. The normalized spacial score (nSPS) is 12.1. The number of esters is 1. The smallest absolute Gasteiger partial charge is 0.337 e. The first-order chi connectivity index (χ1) is 11.1. The van der Waals surface area contributed by atoms with Crippen molar-refractivity contribution >= 4 is 5.97 Å². The second-order valence-electron chi connectivity index (χ2n) is 5.55. The van der Waals surface area contributed by atoms with Crippen LogP contribution in [0.15, 0.2) is 24.4 Å². The molecule has 0 saturated heterocycles. The lowest BCUT2D eigenvalue weighted by atomic mass is 10.1. The molecule has 4 rings (SSSR count). The summed E-state index contributed by atoms with van der Waals surface area (Å²) in [5, 5.41) is 8.18. The Labute approximate surface area is 132 Å². The minimum absolute atomic E-state index is 0.380. The van der Waals surface area contributed by atoms with E-state index >= 15 is 0 Å². The SMILES string of the molecule is COC(=O)c1ccc2c(c1)-n1nncc1Cn1c-2nc(C)c1C. The van der Waals surface area contributed by atoms with E-state index in [1.807, 2.05) is 19.9 Å². The molecule has 0 atom stereocenters. The topological polar surface area (TPSA) is 74.8 Å². The maximum Gasteiger partial charge on any atom is 0.337 e. The van der Waals surface area contributed by atoms with Crippen LogP contribution in [-0.4, -0.2) is 37.6 Å². The van der Waals surface area contributed by atoms with Crippen LogP contribution in [0.4, 0.5) is 0 Å². The summed E-state index contributed by atoms with van der Waals surface area (Å²) in [7, 11) is 1.37. The van der Waals surface area contributed by atoms with Gasteiger partial charge in [-0.15, -0.1) is 5.10 Å². The Morgan fingerprint density at radius 1 is 1.30 bits per heavy atom. The number of imidazole rings is 1. The summed E-state index contributed by atoms with van der Waals surface area (Å²) in [5.74, 6) is 0.492. The third kappa shape index (κ3) is 1.89. The maximum atomic E-state index is 11.9. The van der Waals surface area contributed by atoms with Crippen LogP contribution >= 0.6 is 0 Å². The average molecular weight is 309 g/mol. The Kier molecular flexibility index (Phi) is 2.84. The van der Waals surface area contributed by atoms with Crippen molar-refractivity contribution in [3.8, 4) is 17.1 Å². The molecule has 0 N–H and O–H groups in total. The van der Waals surface area contributed by atoms with Gasteiger partial charge in [-0.3, -0.25) is 0 Å². The molecule has 1 aromatic carbocycles. The molecule has 3 heterocycles. The van der Waals surface area contributed by atoms with Crippen LogP contribution < -0.4 is 0 Å². The number of methoxy groups -OCH3 is 1. The number of nitrogens with zero attached hydrogens (tertiary/aromatic N) is 5. The molecular weight excluding hydrogens is 294 g/mol. The van der Waals surface area contributed by atoms with Crippen molar-refractivity contribution < 1.29 is 9.53 Å². The van der Waals surface area contributed by atoms with E-state index in [4.69, 9.17) is 9.72 Å². The fraction of sp³-hybridized carbons (Fsp3) is 0.250. The summed E-state index contributed by atoms with van der Waals surface area (Å²) in [6.45, 7) is 4.68. The summed E-state index contributed by atoms with van der Waals surface area (Å²) >= 11 is 0. The molecule has 2 aromatic heterocycles. The van der Waals surface area contributed by atoms with Crippen molar-refractivity contribution in [1.82, 2.24) is 24.5 Å². The first-order valence-corrected chi connectivity index (χ1v) is 7.26. The van der Waals surface area contributed by atoms with Gasteiger partial charge in [0, 0.05) is 11.3 Å². The molecule has 0 aliphatic carbocycles. The molecule has 0 saturated carbocycles. The predicted octanol–water partition coefficient (Wildman–Crippen LogP) is 1.90. The van der Waals surface area contributed by atoms with E-state index in [2.05, 4.69) is 14.9 Å². The Morgan fingerprint density at radius 2 is 2.13 bits per heavy atom. The van der Waals surface area contributed by atoms with Crippen LogP contribution in [-0.2, 0) is 11.3 Å². The highest BCUT2D eigenvalue weighted by Gasteiger charge is 2.24. The number of aromatic nitrogens is 5. The van der Waals surface area contributed by atoms with Gasteiger partial charge in [0.2, 0.25) is 0 Å². The fourth-order valence-corrected chi connectivity index (χ4v) is 2.92. The van der Waals surface area contributed by atoms with Crippen LogP contribution in [0.5, 0.6) is 0 Å². The zero-order chi connectivity index (χ0) is 16.1. The maximum absolute atomic E-state index is 11.9. The highest BCUT2D eigenvalue weighted by atomic mass is 16.5. The molecular formula is C16H15N5O2. The zero-order valence-corrected chi connectivity index (χ0v) is 13.1. The number of carbonyl (C=O) groups is 1. The van der Waals surface area contributed by atoms with Crippen LogP contribution in [0.1, 0.15) is 27.4 Å². The summed E-state index contributed by atoms with van der Waals surface area (Å²) in [5.41, 5.74) is 5.21. The van der Waals surface area contributed by atoms with Crippen molar-refractivity contribution in [2.45, 2.75) is 20.4 Å². The predicted molar refractivity (Wildman–Crippen MR) is 82.5 cm³/mol. The molecule has 23 heavy (non-hydrogen) atoms. The standard InChI is InChI=1S/C16H15N5O2/c1-9-10(2)20-8-12-7-17-19-21(12)14-6-11(16(22)23-3)4-5-13(14)15(20)18-9/h4-7H,8H2,1-3H3. The fourth-order valence-electron chi connectivity index (χ4n) is 2.92. The van der Waals surface area contributed by atoms with E-state index in [9.17, 15) is 4.79 Å². The third-order valence-corrected chi connectivity index (χ3v) is 4.29. The van der Waals surface area contributed by atoms with Gasteiger partial charge in [-0.05, 0) is 32.0 Å². The van der Waals surface area contributed by atoms with Gasteiger partial charge in [0.15, 0.2) is 0 Å². The molecule has 1 aliphatic rings. The quantitative estimate of drug-likeness (QED) is 0.502. The van der Waals surface area contributed by atoms with E-state index in [-0.39, 0.29) is 5.97 Å². The molecule has 0 amide bonds. The van der Waals surface area contributed by atoms with Crippen molar-refractivity contribution in [2.24, 2.45) is 0 Å². The van der Waals surface area contributed by atoms with Gasteiger partial charge in [-0.1, -0.05) is 5.21 Å². The lowest BCUT2D eigenvalue weighted by Crippen LogP contribution is -2.07. The molecule has 0 radical (unpaired) electrons. The summed E-state index contributed by atoms with van der Waals surface area (Å²) in [4.78, 5) is 16.5. The number of aryl methyl sites for hydroxylation is 1. The lowest BCUT2D eigenvalue weighted by molar-refractivity contribution is 0.0600.